The van der Waals surface area contributed by atoms with Crippen LogP contribution in [0.5, 0.6) is 0 Å². The van der Waals surface area contributed by atoms with Gasteiger partial charge in [-0.1, -0.05) is 72.4 Å². The smallest absolute Gasteiger partial charge is 0.336 e. The number of aryl methyl sites for hydroxylation is 2. The fraction of sp³-hybridized carbons (Fsp3) is 0.125. The van der Waals surface area contributed by atoms with Gasteiger partial charge in [0.15, 0.2) is 0 Å². The molecule has 0 saturated carbocycles. The molecule has 4 aromatic rings. The topological polar surface area (TPSA) is 129 Å². The second-order valence-electron chi connectivity index (χ2n) is 9.12. The van der Waals surface area contributed by atoms with E-state index in [-0.39, 0.29) is 21.8 Å². The highest BCUT2D eigenvalue weighted by molar-refractivity contribution is 8.14. The van der Waals surface area contributed by atoms with Gasteiger partial charge in [0.1, 0.15) is 0 Å². The lowest BCUT2D eigenvalue weighted by Crippen LogP contribution is -2.10. The van der Waals surface area contributed by atoms with Crippen LogP contribution in [0.2, 0.25) is 0 Å². The number of thioether (sulfide) groups is 1. The predicted molar refractivity (Wildman–Crippen MR) is 163 cm³/mol. The number of carboxylic acid groups (broad SMARTS) is 3. The Kier molecular flexibility index (Phi) is 9.65. The van der Waals surface area contributed by atoms with Crippen molar-refractivity contribution in [3.63, 3.8) is 0 Å². The van der Waals surface area contributed by atoms with Gasteiger partial charge in [0.25, 0.3) is 0 Å². The predicted octanol–water partition coefficient (Wildman–Crippen LogP) is 6.70. The van der Waals surface area contributed by atoms with Crippen molar-refractivity contribution in [1.82, 2.24) is 0 Å². The third-order valence-electron chi connectivity index (χ3n) is 6.55. The van der Waals surface area contributed by atoms with Gasteiger partial charge in [0.05, 0.1) is 16.7 Å². The van der Waals surface area contributed by atoms with Crippen LogP contribution >= 0.6 is 24.4 Å². The SMILES string of the molecule is O=C(O)c1cccc(-c2cccc(CCS)c2C(=O)O)c1.O=C(O)c1cccc(-c2cccc3c2C(=O)SCC3)c1. The molecule has 0 bridgehead atoms. The molecule has 1 aliphatic heterocycles. The van der Waals surface area contributed by atoms with Gasteiger partial charge in [-0.2, -0.15) is 12.6 Å². The largest absolute Gasteiger partial charge is 0.478 e. The lowest BCUT2D eigenvalue weighted by molar-refractivity contribution is 0.0686. The van der Waals surface area contributed by atoms with E-state index in [4.69, 9.17) is 10.2 Å². The molecule has 0 aromatic heterocycles. The summed E-state index contributed by atoms with van der Waals surface area (Å²) in [5.74, 6) is -1.68. The number of fused-ring (bicyclic) bond motifs is 1. The van der Waals surface area contributed by atoms with E-state index >= 15 is 0 Å². The molecule has 41 heavy (non-hydrogen) atoms. The van der Waals surface area contributed by atoms with Crippen LogP contribution in [0.4, 0.5) is 0 Å². The average molecular weight is 587 g/mol. The molecule has 0 unspecified atom stereocenters. The highest BCUT2D eigenvalue weighted by Gasteiger charge is 2.22. The first-order chi connectivity index (χ1) is 19.7. The maximum absolute atomic E-state index is 12.1. The third kappa shape index (κ3) is 6.87. The molecule has 7 nitrogen and oxygen atoms in total. The monoisotopic (exact) mass is 586 g/mol. The summed E-state index contributed by atoms with van der Waals surface area (Å²) in [6, 6.07) is 24.0. The zero-order chi connectivity index (χ0) is 29.5. The zero-order valence-corrected chi connectivity index (χ0v) is 23.5. The molecule has 0 saturated heterocycles. The summed E-state index contributed by atoms with van der Waals surface area (Å²) in [6.07, 6.45) is 1.41. The standard InChI is InChI=1S/C16H14O4S.C16H12O3S/c17-15(18)12-5-1-4-11(9-12)13-6-2-3-10(7-8-21)14(13)16(19)20;17-15(18)12-5-1-4-11(9-12)13-6-2-3-10-7-8-20-16(19)14(10)13/h1-6,9,21H,7-8H2,(H,17,18)(H,19,20);1-6,9H,7-8H2,(H,17,18). The van der Waals surface area contributed by atoms with Crippen LogP contribution in [0.25, 0.3) is 22.3 Å². The van der Waals surface area contributed by atoms with Crippen LogP contribution in [0.15, 0.2) is 84.9 Å². The van der Waals surface area contributed by atoms with Crippen LogP contribution in [-0.4, -0.2) is 49.8 Å². The van der Waals surface area contributed by atoms with Crippen LogP contribution in [0.1, 0.15) is 52.6 Å². The van der Waals surface area contributed by atoms with Gasteiger partial charge in [-0.05, 0) is 76.2 Å². The van der Waals surface area contributed by atoms with E-state index in [1.807, 2.05) is 24.3 Å². The van der Waals surface area contributed by atoms with E-state index < -0.39 is 17.9 Å². The highest BCUT2D eigenvalue weighted by Crippen LogP contribution is 2.34. The molecule has 1 heterocycles. The molecule has 0 fully saturated rings. The Morgan fingerprint density at radius 2 is 1.29 bits per heavy atom. The molecule has 0 spiro atoms. The lowest BCUT2D eigenvalue weighted by Gasteiger charge is -2.18. The van der Waals surface area contributed by atoms with E-state index in [1.54, 1.807) is 48.5 Å². The number of carbonyl (C=O) groups is 4. The summed E-state index contributed by atoms with van der Waals surface area (Å²) in [4.78, 5) is 45.8. The molecule has 0 aliphatic carbocycles. The van der Waals surface area contributed by atoms with Crippen molar-refractivity contribution in [2.45, 2.75) is 12.8 Å². The van der Waals surface area contributed by atoms with Gasteiger partial charge < -0.3 is 15.3 Å². The third-order valence-corrected chi connectivity index (χ3v) is 7.64. The fourth-order valence-corrected chi connectivity index (χ4v) is 5.81. The minimum absolute atomic E-state index is 0.0718. The molecule has 0 radical (unpaired) electrons. The maximum atomic E-state index is 12.1. The second kappa shape index (κ2) is 13.3. The minimum Gasteiger partial charge on any atom is -0.478 e. The number of hydrogen-bond donors (Lipinski definition) is 4. The number of carbonyl (C=O) groups excluding carboxylic acids is 1. The Bertz CT molecular complexity index is 1650. The molecule has 208 valence electrons. The van der Waals surface area contributed by atoms with Crippen molar-refractivity contribution < 1.29 is 34.5 Å². The van der Waals surface area contributed by atoms with Crippen LogP contribution in [-0.2, 0) is 12.8 Å². The Morgan fingerprint density at radius 3 is 1.88 bits per heavy atom. The fourth-order valence-electron chi connectivity index (χ4n) is 4.68. The Balaban J connectivity index is 0.000000189. The van der Waals surface area contributed by atoms with E-state index in [9.17, 15) is 24.3 Å². The molecule has 9 heteroatoms. The van der Waals surface area contributed by atoms with Crippen molar-refractivity contribution in [2.24, 2.45) is 0 Å². The van der Waals surface area contributed by atoms with Gasteiger partial charge >= 0.3 is 17.9 Å². The van der Waals surface area contributed by atoms with Crippen LogP contribution in [0, 0.1) is 0 Å². The summed E-state index contributed by atoms with van der Waals surface area (Å²) in [6.45, 7) is 0. The normalized spacial score (nSPS) is 12.1. The molecule has 3 N–H and O–H groups in total. The molecule has 0 atom stereocenters. The Labute approximate surface area is 246 Å². The molecule has 5 rings (SSSR count). The number of hydrogen-bond acceptors (Lipinski definition) is 6. The number of rotatable bonds is 7. The van der Waals surface area contributed by atoms with Gasteiger partial charge in [-0.15, -0.1) is 0 Å². The van der Waals surface area contributed by atoms with Gasteiger partial charge in [0, 0.05) is 11.3 Å². The average Bonchev–Trinajstić information content (AvgIpc) is 2.97. The van der Waals surface area contributed by atoms with E-state index in [0.717, 1.165) is 34.4 Å². The van der Waals surface area contributed by atoms with Crippen molar-refractivity contribution in [3.05, 3.63) is 118 Å². The van der Waals surface area contributed by atoms with Gasteiger partial charge in [-0.3, -0.25) is 4.79 Å². The first-order valence-corrected chi connectivity index (χ1v) is 14.3. The second-order valence-corrected chi connectivity index (χ2v) is 10.6. The first kappa shape index (κ1) is 29.6. The van der Waals surface area contributed by atoms with Crippen LogP contribution < -0.4 is 0 Å². The minimum atomic E-state index is -1.04. The van der Waals surface area contributed by atoms with Crippen molar-refractivity contribution in [2.75, 3.05) is 11.5 Å². The number of thiol groups is 1. The summed E-state index contributed by atoms with van der Waals surface area (Å²) in [5.41, 5.74) is 5.72. The molecule has 0 amide bonds. The molecular formula is C32H26O7S2. The van der Waals surface area contributed by atoms with Crippen molar-refractivity contribution in [3.8, 4) is 22.3 Å². The Hall–Kier alpha value is -4.34. The summed E-state index contributed by atoms with van der Waals surface area (Å²) in [5, 5.41) is 27.7. The summed E-state index contributed by atoms with van der Waals surface area (Å²) < 4.78 is 0. The highest BCUT2D eigenvalue weighted by atomic mass is 32.2. The van der Waals surface area contributed by atoms with Crippen LogP contribution in [0.3, 0.4) is 0 Å². The lowest BCUT2D eigenvalue weighted by atomic mass is 9.93. The summed E-state index contributed by atoms with van der Waals surface area (Å²) in [7, 11) is 0. The summed E-state index contributed by atoms with van der Waals surface area (Å²) >= 11 is 5.47. The maximum Gasteiger partial charge on any atom is 0.336 e. The first-order valence-electron chi connectivity index (χ1n) is 12.6. The van der Waals surface area contributed by atoms with Gasteiger partial charge in [-0.25, -0.2) is 14.4 Å². The number of benzene rings is 4. The van der Waals surface area contributed by atoms with E-state index in [0.29, 0.717) is 28.9 Å². The van der Waals surface area contributed by atoms with E-state index in [1.165, 1.54) is 23.9 Å². The van der Waals surface area contributed by atoms with Crippen molar-refractivity contribution in [1.29, 1.82) is 0 Å². The molecule has 1 aliphatic rings. The van der Waals surface area contributed by atoms with Gasteiger partial charge in [0.2, 0.25) is 5.12 Å². The number of aromatic carboxylic acids is 3. The zero-order valence-electron chi connectivity index (χ0n) is 21.7. The van der Waals surface area contributed by atoms with Crippen molar-refractivity contribution >= 4 is 47.4 Å². The molecular weight excluding hydrogens is 560 g/mol. The quantitative estimate of drug-likeness (QED) is 0.176. The Morgan fingerprint density at radius 1 is 0.732 bits per heavy atom. The van der Waals surface area contributed by atoms with E-state index in [2.05, 4.69) is 12.6 Å². The number of carboxylic acids is 3. The molecule has 4 aromatic carbocycles.